The van der Waals surface area contributed by atoms with E-state index in [9.17, 15) is 14.9 Å². The smallest absolute Gasteiger partial charge is 0.255 e. The van der Waals surface area contributed by atoms with Crippen molar-refractivity contribution in [2.24, 2.45) is 0 Å². The molecule has 3 aromatic rings. The third-order valence-corrected chi connectivity index (χ3v) is 4.86. The van der Waals surface area contributed by atoms with Crippen LogP contribution in [0, 0.1) is 11.3 Å². The fourth-order valence-corrected chi connectivity index (χ4v) is 3.20. The standard InChI is InChI=1S/C23H19ClN4O4/c1-31-20-4-3-14(9-18(20)24)13-27-23(30)17-10-16(12-25)21(32-2)11-19(17)28-22(29)15-5-7-26-8-6-15/h3-11H,13H2,1-2H3,(H,27,30)(H,28,29). The van der Waals surface area contributed by atoms with Crippen molar-refractivity contribution in [1.29, 1.82) is 5.26 Å². The van der Waals surface area contributed by atoms with Crippen molar-refractivity contribution in [3.05, 3.63) is 82.1 Å². The van der Waals surface area contributed by atoms with Crippen LogP contribution < -0.4 is 20.1 Å². The van der Waals surface area contributed by atoms with Crippen LogP contribution >= 0.6 is 11.6 Å². The van der Waals surface area contributed by atoms with Crippen molar-refractivity contribution in [2.75, 3.05) is 19.5 Å². The Morgan fingerprint density at radius 3 is 2.38 bits per heavy atom. The van der Waals surface area contributed by atoms with Crippen molar-refractivity contribution in [3.63, 3.8) is 0 Å². The average molecular weight is 451 g/mol. The van der Waals surface area contributed by atoms with Gasteiger partial charge in [-0.05, 0) is 35.9 Å². The Bertz CT molecular complexity index is 1190. The molecule has 9 heteroatoms. The summed E-state index contributed by atoms with van der Waals surface area (Å²) in [6.07, 6.45) is 2.98. The van der Waals surface area contributed by atoms with Crippen LogP contribution in [0.25, 0.3) is 0 Å². The first-order valence-corrected chi connectivity index (χ1v) is 9.78. The molecule has 162 valence electrons. The predicted molar refractivity (Wildman–Crippen MR) is 119 cm³/mol. The number of anilines is 1. The van der Waals surface area contributed by atoms with E-state index in [4.69, 9.17) is 21.1 Å². The van der Waals surface area contributed by atoms with Crippen molar-refractivity contribution < 1.29 is 19.1 Å². The molecule has 2 amide bonds. The SMILES string of the molecule is COc1ccc(CNC(=O)c2cc(C#N)c(OC)cc2NC(=O)c2ccncc2)cc1Cl. The van der Waals surface area contributed by atoms with E-state index in [-0.39, 0.29) is 29.1 Å². The Labute approximate surface area is 189 Å². The van der Waals surface area contributed by atoms with E-state index in [1.54, 1.807) is 30.3 Å². The van der Waals surface area contributed by atoms with Gasteiger partial charge in [0, 0.05) is 30.6 Å². The number of methoxy groups -OCH3 is 2. The lowest BCUT2D eigenvalue weighted by molar-refractivity contribution is 0.0951. The van der Waals surface area contributed by atoms with Crippen LogP contribution in [0.4, 0.5) is 5.69 Å². The molecule has 0 saturated heterocycles. The van der Waals surface area contributed by atoms with Gasteiger partial charge in [0.2, 0.25) is 0 Å². The number of nitriles is 1. The minimum atomic E-state index is -0.485. The van der Waals surface area contributed by atoms with E-state index in [2.05, 4.69) is 15.6 Å². The van der Waals surface area contributed by atoms with Crippen LogP contribution in [-0.4, -0.2) is 31.0 Å². The number of nitrogens with one attached hydrogen (secondary N) is 2. The zero-order chi connectivity index (χ0) is 23.1. The second kappa shape index (κ2) is 10.3. The molecule has 8 nitrogen and oxygen atoms in total. The molecule has 0 atom stereocenters. The summed E-state index contributed by atoms with van der Waals surface area (Å²) >= 11 is 6.14. The second-order valence-electron chi connectivity index (χ2n) is 6.55. The maximum atomic E-state index is 13.0. The van der Waals surface area contributed by atoms with Crippen LogP contribution in [0.5, 0.6) is 11.5 Å². The van der Waals surface area contributed by atoms with Crippen molar-refractivity contribution in [3.8, 4) is 17.6 Å². The van der Waals surface area contributed by atoms with Crippen LogP contribution in [0.2, 0.25) is 5.02 Å². The van der Waals surface area contributed by atoms with Gasteiger partial charge in [-0.3, -0.25) is 14.6 Å². The Morgan fingerprint density at radius 1 is 1.03 bits per heavy atom. The number of carbonyl (C=O) groups is 2. The lowest BCUT2D eigenvalue weighted by atomic mass is 10.1. The molecule has 3 rings (SSSR count). The molecule has 0 saturated carbocycles. The molecular weight excluding hydrogens is 432 g/mol. The molecule has 1 aromatic heterocycles. The van der Waals surface area contributed by atoms with Crippen molar-refractivity contribution in [1.82, 2.24) is 10.3 Å². The second-order valence-corrected chi connectivity index (χ2v) is 6.96. The molecule has 0 aliphatic rings. The van der Waals surface area contributed by atoms with Gasteiger partial charge in [0.15, 0.2) is 0 Å². The summed E-state index contributed by atoms with van der Waals surface area (Å²) < 4.78 is 10.3. The van der Waals surface area contributed by atoms with Gasteiger partial charge < -0.3 is 20.1 Å². The van der Waals surface area contributed by atoms with Gasteiger partial charge in [0.1, 0.15) is 17.6 Å². The molecule has 1 heterocycles. The minimum Gasteiger partial charge on any atom is -0.495 e. The topological polar surface area (TPSA) is 113 Å². The van der Waals surface area contributed by atoms with Gasteiger partial charge in [-0.15, -0.1) is 0 Å². The summed E-state index contributed by atoms with van der Waals surface area (Å²) in [5.74, 6) is -0.163. The third kappa shape index (κ3) is 5.14. The molecule has 0 spiro atoms. The monoisotopic (exact) mass is 450 g/mol. The Hall–Kier alpha value is -4.09. The van der Waals surface area contributed by atoms with Gasteiger partial charge in [0.25, 0.3) is 11.8 Å². The number of benzene rings is 2. The number of nitrogens with zero attached hydrogens (tertiary/aromatic N) is 2. The third-order valence-electron chi connectivity index (χ3n) is 4.56. The fourth-order valence-electron chi connectivity index (χ4n) is 2.92. The molecule has 0 radical (unpaired) electrons. The van der Waals surface area contributed by atoms with Crippen LogP contribution in [0.15, 0.2) is 54.9 Å². The van der Waals surface area contributed by atoms with E-state index in [1.165, 1.54) is 38.7 Å². The highest BCUT2D eigenvalue weighted by atomic mass is 35.5. The number of pyridine rings is 1. The number of hydrogen-bond acceptors (Lipinski definition) is 6. The van der Waals surface area contributed by atoms with Crippen LogP contribution in [0.3, 0.4) is 0 Å². The first-order chi connectivity index (χ1) is 15.5. The number of ether oxygens (including phenoxy) is 2. The van der Waals surface area contributed by atoms with Gasteiger partial charge >= 0.3 is 0 Å². The molecule has 2 N–H and O–H groups in total. The summed E-state index contributed by atoms with van der Waals surface area (Å²) in [5.41, 5.74) is 1.59. The summed E-state index contributed by atoms with van der Waals surface area (Å²) in [6, 6.07) is 13.0. The Morgan fingerprint density at radius 2 is 1.75 bits per heavy atom. The highest BCUT2D eigenvalue weighted by Gasteiger charge is 2.19. The summed E-state index contributed by atoms with van der Waals surface area (Å²) in [6.45, 7) is 0.175. The van der Waals surface area contributed by atoms with Crippen LogP contribution in [0.1, 0.15) is 31.8 Å². The quantitative estimate of drug-likeness (QED) is 0.566. The van der Waals surface area contributed by atoms with E-state index < -0.39 is 11.8 Å². The predicted octanol–water partition coefficient (Wildman–Crippen LogP) is 3.81. The van der Waals surface area contributed by atoms with Gasteiger partial charge in [0.05, 0.1) is 36.1 Å². The fraction of sp³-hybridized carbons (Fsp3) is 0.130. The normalized spacial score (nSPS) is 10.1. The van der Waals surface area contributed by atoms with Gasteiger partial charge in [-0.25, -0.2) is 0 Å². The molecule has 0 aliphatic carbocycles. The number of amides is 2. The maximum absolute atomic E-state index is 13.0. The number of hydrogen-bond donors (Lipinski definition) is 2. The summed E-state index contributed by atoms with van der Waals surface area (Å²) in [7, 11) is 2.92. The molecule has 0 fully saturated rings. The number of rotatable bonds is 7. The van der Waals surface area contributed by atoms with Crippen molar-refractivity contribution in [2.45, 2.75) is 6.54 Å². The highest BCUT2D eigenvalue weighted by molar-refractivity contribution is 6.32. The van der Waals surface area contributed by atoms with E-state index in [0.717, 1.165) is 5.56 Å². The zero-order valence-electron chi connectivity index (χ0n) is 17.3. The molecule has 0 aliphatic heterocycles. The Balaban J connectivity index is 1.87. The first kappa shape index (κ1) is 22.6. The molecule has 2 aromatic carbocycles. The molecular formula is C23H19ClN4O4. The van der Waals surface area contributed by atoms with Gasteiger partial charge in [-0.1, -0.05) is 17.7 Å². The van der Waals surface area contributed by atoms with E-state index in [0.29, 0.717) is 16.3 Å². The van der Waals surface area contributed by atoms with Crippen molar-refractivity contribution >= 4 is 29.1 Å². The van der Waals surface area contributed by atoms with E-state index in [1.807, 2.05) is 6.07 Å². The number of carbonyl (C=O) groups excluding carboxylic acids is 2. The summed E-state index contributed by atoms with van der Waals surface area (Å²) in [5, 5.41) is 15.3. The largest absolute Gasteiger partial charge is 0.495 e. The minimum absolute atomic E-state index is 0.115. The molecule has 0 bridgehead atoms. The summed E-state index contributed by atoms with van der Waals surface area (Å²) in [4.78, 5) is 29.5. The molecule has 32 heavy (non-hydrogen) atoms. The average Bonchev–Trinajstić information content (AvgIpc) is 2.82. The van der Waals surface area contributed by atoms with E-state index >= 15 is 0 Å². The zero-order valence-corrected chi connectivity index (χ0v) is 18.1. The molecule has 0 unspecified atom stereocenters. The van der Waals surface area contributed by atoms with Gasteiger partial charge in [-0.2, -0.15) is 5.26 Å². The number of halogens is 1. The van der Waals surface area contributed by atoms with Crippen LogP contribution in [-0.2, 0) is 6.54 Å². The maximum Gasteiger partial charge on any atom is 0.255 e. The lowest BCUT2D eigenvalue weighted by Crippen LogP contribution is -2.25. The highest BCUT2D eigenvalue weighted by Crippen LogP contribution is 2.28. The lowest BCUT2D eigenvalue weighted by Gasteiger charge is -2.14. The Kier molecular flexibility index (Phi) is 7.26. The number of aromatic nitrogens is 1. The first-order valence-electron chi connectivity index (χ1n) is 9.41.